The van der Waals surface area contributed by atoms with Crippen LogP contribution in [0.15, 0.2) is 42.5 Å². The van der Waals surface area contributed by atoms with Gasteiger partial charge in [-0.25, -0.2) is 9.18 Å². The molecule has 4 nitrogen and oxygen atoms in total. The predicted molar refractivity (Wildman–Crippen MR) is 95.1 cm³/mol. The second-order valence-corrected chi connectivity index (χ2v) is 6.48. The number of amides is 1. The van der Waals surface area contributed by atoms with Crippen LogP contribution in [0.1, 0.15) is 35.1 Å². The summed E-state index contributed by atoms with van der Waals surface area (Å²) in [6, 6.07) is 13.2. The molecule has 0 radical (unpaired) electrons. The van der Waals surface area contributed by atoms with E-state index in [1.54, 1.807) is 0 Å². The zero-order valence-electron chi connectivity index (χ0n) is 14.3. The Morgan fingerprint density at radius 2 is 2.04 bits per heavy atom. The van der Waals surface area contributed by atoms with Crippen LogP contribution < -0.4 is 5.73 Å². The van der Waals surface area contributed by atoms with E-state index in [1.807, 2.05) is 43.3 Å². The lowest BCUT2D eigenvalue weighted by Gasteiger charge is -2.30. The molecule has 3 rings (SSSR count). The first-order chi connectivity index (χ1) is 12.0. The summed E-state index contributed by atoms with van der Waals surface area (Å²) >= 11 is 0. The number of benzene rings is 2. The number of rotatable bonds is 5. The molecule has 0 saturated heterocycles. The van der Waals surface area contributed by atoms with Crippen molar-refractivity contribution in [1.82, 2.24) is 4.90 Å². The maximum Gasteiger partial charge on any atom is 0.407 e. The van der Waals surface area contributed by atoms with Crippen LogP contribution in [0.3, 0.4) is 0 Å². The molecule has 1 aliphatic carbocycles. The third kappa shape index (κ3) is 3.37. The summed E-state index contributed by atoms with van der Waals surface area (Å²) in [4.78, 5) is 13.2. The van der Waals surface area contributed by atoms with Crippen LogP contribution in [0.5, 0.6) is 0 Å². The summed E-state index contributed by atoms with van der Waals surface area (Å²) in [6.07, 6.45) is 0.324. The SMILES string of the molecule is CCN(C(=O)O)C1Cc2cc(F)c(CN)cc2C1Cc1ccccc1. The maximum atomic E-state index is 14.2. The monoisotopic (exact) mass is 342 g/mol. The number of carbonyl (C=O) groups is 1. The van der Waals surface area contributed by atoms with E-state index in [1.165, 1.54) is 11.0 Å². The molecule has 0 aliphatic heterocycles. The van der Waals surface area contributed by atoms with Crippen molar-refractivity contribution >= 4 is 6.09 Å². The smallest absolute Gasteiger partial charge is 0.407 e. The standard InChI is InChI=1S/C20H23FN2O2/c1-2-23(20(24)25)19-11-14-10-18(21)15(12-22)9-16(14)17(19)8-13-6-4-3-5-7-13/h3-7,9-10,17,19H,2,8,11-12,22H2,1H3,(H,24,25). The van der Waals surface area contributed by atoms with Gasteiger partial charge in [0.1, 0.15) is 5.82 Å². The molecule has 2 unspecified atom stereocenters. The Morgan fingerprint density at radius 3 is 2.64 bits per heavy atom. The first-order valence-corrected chi connectivity index (χ1v) is 8.59. The van der Waals surface area contributed by atoms with Crippen molar-refractivity contribution in [1.29, 1.82) is 0 Å². The second kappa shape index (κ2) is 7.23. The van der Waals surface area contributed by atoms with Crippen LogP contribution in [0.2, 0.25) is 0 Å². The minimum atomic E-state index is -0.933. The Morgan fingerprint density at radius 1 is 1.32 bits per heavy atom. The highest BCUT2D eigenvalue weighted by molar-refractivity contribution is 5.66. The van der Waals surface area contributed by atoms with Gasteiger partial charge in [0.25, 0.3) is 0 Å². The molecule has 2 aromatic rings. The molecule has 0 aromatic heterocycles. The summed E-state index contributed by atoms with van der Waals surface area (Å²) in [5.74, 6) is -0.307. The highest BCUT2D eigenvalue weighted by atomic mass is 19.1. The number of halogens is 1. The molecular formula is C20H23FN2O2. The summed E-state index contributed by atoms with van der Waals surface area (Å²) < 4.78 is 14.2. The molecule has 1 aliphatic rings. The third-order valence-electron chi connectivity index (χ3n) is 5.11. The van der Waals surface area contributed by atoms with E-state index >= 15 is 0 Å². The zero-order chi connectivity index (χ0) is 18.0. The van der Waals surface area contributed by atoms with Gasteiger partial charge in [-0.2, -0.15) is 0 Å². The van der Waals surface area contributed by atoms with Crippen molar-refractivity contribution < 1.29 is 14.3 Å². The van der Waals surface area contributed by atoms with Gasteiger partial charge in [0.15, 0.2) is 0 Å². The molecule has 5 heteroatoms. The number of carboxylic acid groups (broad SMARTS) is 1. The highest BCUT2D eigenvalue weighted by Gasteiger charge is 2.38. The van der Waals surface area contributed by atoms with Gasteiger partial charge < -0.3 is 15.7 Å². The van der Waals surface area contributed by atoms with Gasteiger partial charge in [-0.3, -0.25) is 0 Å². The van der Waals surface area contributed by atoms with E-state index < -0.39 is 6.09 Å². The molecule has 0 heterocycles. The molecule has 0 saturated carbocycles. The number of hydrogen-bond donors (Lipinski definition) is 2. The summed E-state index contributed by atoms with van der Waals surface area (Å²) in [5, 5.41) is 9.58. The Balaban J connectivity index is 2.03. The number of hydrogen-bond acceptors (Lipinski definition) is 2. The van der Waals surface area contributed by atoms with E-state index in [2.05, 4.69) is 0 Å². The maximum absolute atomic E-state index is 14.2. The Hall–Kier alpha value is -2.40. The summed E-state index contributed by atoms with van der Waals surface area (Å²) in [7, 11) is 0. The fraction of sp³-hybridized carbons (Fsp3) is 0.350. The van der Waals surface area contributed by atoms with Gasteiger partial charge >= 0.3 is 6.09 Å². The molecule has 3 N–H and O–H groups in total. The van der Waals surface area contributed by atoms with Crippen molar-refractivity contribution in [3.05, 3.63) is 70.5 Å². The fourth-order valence-electron chi connectivity index (χ4n) is 3.88. The Bertz CT molecular complexity index is 764. The Kier molecular flexibility index (Phi) is 5.04. The van der Waals surface area contributed by atoms with Crippen LogP contribution in [0.25, 0.3) is 0 Å². The normalized spacial score (nSPS) is 18.8. The van der Waals surface area contributed by atoms with Crippen molar-refractivity contribution in [2.45, 2.75) is 38.3 Å². The minimum absolute atomic E-state index is 0.000602. The second-order valence-electron chi connectivity index (χ2n) is 6.48. The molecule has 0 spiro atoms. The van der Waals surface area contributed by atoms with Crippen molar-refractivity contribution in [3.63, 3.8) is 0 Å². The minimum Gasteiger partial charge on any atom is -0.465 e. The number of nitrogens with two attached hydrogens (primary N) is 1. The van der Waals surface area contributed by atoms with Gasteiger partial charge in [0, 0.05) is 30.6 Å². The van der Waals surface area contributed by atoms with Gasteiger partial charge in [0.2, 0.25) is 0 Å². The van der Waals surface area contributed by atoms with Crippen LogP contribution in [0.4, 0.5) is 9.18 Å². The van der Waals surface area contributed by atoms with Gasteiger partial charge in [-0.1, -0.05) is 36.4 Å². The first kappa shape index (κ1) is 17.4. The van der Waals surface area contributed by atoms with Crippen LogP contribution in [0, 0.1) is 5.82 Å². The number of likely N-dealkylation sites (N-methyl/N-ethyl adjacent to an activating group) is 1. The lowest BCUT2D eigenvalue weighted by molar-refractivity contribution is 0.122. The number of nitrogens with zero attached hydrogens (tertiary/aromatic N) is 1. The van der Waals surface area contributed by atoms with E-state index in [4.69, 9.17) is 5.73 Å². The largest absolute Gasteiger partial charge is 0.465 e. The van der Waals surface area contributed by atoms with Crippen molar-refractivity contribution in [2.24, 2.45) is 5.73 Å². The van der Waals surface area contributed by atoms with Crippen molar-refractivity contribution in [2.75, 3.05) is 6.54 Å². The molecule has 2 aromatic carbocycles. The lowest BCUT2D eigenvalue weighted by atomic mass is 9.89. The number of fused-ring (bicyclic) bond motifs is 1. The average Bonchev–Trinajstić information content (AvgIpc) is 2.92. The molecule has 132 valence electrons. The molecule has 0 fully saturated rings. The highest BCUT2D eigenvalue weighted by Crippen LogP contribution is 2.40. The zero-order valence-corrected chi connectivity index (χ0v) is 14.3. The van der Waals surface area contributed by atoms with Gasteiger partial charge in [-0.15, -0.1) is 0 Å². The molecule has 25 heavy (non-hydrogen) atoms. The quantitative estimate of drug-likeness (QED) is 0.873. The topological polar surface area (TPSA) is 66.6 Å². The molecule has 1 amide bonds. The van der Waals surface area contributed by atoms with Crippen LogP contribution >= 0.6 is 0 Å². The van der Waals surface area contributed by atoms with Gasteiger partial charge in [-0.05, 0) is 42.5 Å². The predicted octanol–water partition coefficient (Wildman–Crippen LogP) is 3.54. The third-order valence-corrected chi connectivity index (χ3v) is 5.11. The molecular weight excluding hydrogens is 319 g/mol. The molecule has 0 bridgehead atoms. The van der Waals surface area contributed by atoms with E-state index in [0.717, 1.165) is 23.1 Å². The van der Waals surface area contributed by atoms with Gasteiger partial charge in [0.05, 0.1) is 0 Å². The van der Waals surface area contributed by atoms with E-state index in [-0.39, 0.29) is 24.3 Å². The molecule has 2 atom stereocenters. The van der Waals surface area contributed by atoms with E-state index in [0.29, 0.717) is 18.5 Å². The average molecular weight is 342 g/mol. The summed E-state index contributed by atoms with van der Waals surface area (Å²) in [5.41, 5.74) is 9.21. The van der Waals surface area contributed by atoms with Crippen molar-refractivity contribution in [3.8, 4) is 0 Å². The Labute approximate surface area is 147 Å². The van der Waals surface area contributed by atoms with Crippen LogP contribution in [-0.2, 0) is 19.4 Å². The summed E-state index contributed by atoms with van der Waals surface area (Å²) in [6.45, 7) is 2.38. The van der Waals surface area contributed by atoms with Crippen LogP contribution in [-0.4, -0.2) is 28.7 Å². The lowest BCUT2D eigenvalue weighted by Crippen LogP contribution is -2.42. The first-order valence-electron chi connectivity index (χ1n) is 8.59. The van der Waals surface area contributed by atoms with E-state index in [9.17, 15) is 14.3 Å². The fourth-order valence-corrected chi connectivity index (χ4v) is 3.88.